The van der Waals surface area contributed by atoms with E-state index in [1.54, 1.807) is 0 Å². The van der Waals surface area contributed by atoms with Crippen molar-refractivity contribution in [3.8, 4) is 33.9 Å². The van der Waals surface area contributed by atoms with Crippen molar-refractivity contribution in [2.24, 2.45) is 5.92 Å². The van der Waals surface area contributed by atoms with Gasteiger partial charge in [-0.1, -0.05) is 152 Å². The van der Waals surface area contributed by atoms with E-state index >= 15 is 0 Å². The number of aryl methyl sites for hydroxylation is 1. The molecule has 0 fully saturated rings. The van der Waals surface area contributed by atoms with Crippen LogP contribution in [-0.4, -0.2) is 15.0 Å². The minimum atomic E-state index is 0.395. The van der Waals surface area contributed by atoms with Crippen molar-refractivity contribution in [1.82, 2.24) is 15.0 Å². The van der Waals surface area contributed by atoms with Gasteiger partial charge in [-0.3, -0.25) is 0 Å². The molecular formula is C48H39N3. The lowest BCUT2D eigenvalue weighted by atomic mass is 9.77. The molecule has 0 saturated carbocycles. The summed E-state index contributed by atoms with van der Waals surface area (Å²) in [4.78, 5) is 15.3. The first-order chi connectivity index (χ1) is 25.3. The van der Waals surface area contributed by atoms with Crippen LogP contribution in [0, 0.1) is 5.92 Å². The van der Waals surface area contributed by atoms with Gasteiger partial charge in [0.1, 0.15) is 0 Å². The van der Waals surface area contributed by atoms with E-state index in [9.17, 15) is 0 Å². The van der Waals surface area contributed by atoms with Crippen molar-refractivity contribution in [3.05, 3.63) is 191 Å². The molecule has 246 valence electrons. The molecule has 3 nitrogen and oxygen atoms in total. The van der Waals surface area contributed by atoms with Crippen LogP contribution in [-0.2, 0) is 12.8 Å². The Kier molecular flexibility index (Phi) is 8.39. The third-order valence-electron chi connectivity index (χ3n) is 10.5. The maximum absolute atomic E-state index is 5.15. The van der Waals surface area contributed by atoms with Crippen LogP contribution in [0.2, 0.25) is 0 Å². The SMILES string of the molecule is C1=CCCC(c2nc(-c3ccccc3)nc(-c3cccc4c3C/C=C(C3=CCC5C=Cc6ccc(-c7ccccc7)cc6C5=C3)\C=C/CC4)n2)=C1. The molecule has 3 heteroatoms. The molecule has 0 radical (unpaired) electrons. The summed E-state index contributed by atoms with van der Waals surface area (Å²) >= 11 is 0. The van der Waals surface area contributed by atoms with Gasteiger partial charge in [0.15, 0.2) is 17.5 Å². The number of rotatable bonds is 5. The summed E-state index contributed by atoms with van der Waals surface area (Å²) in [7, 11) is 0. The van der Waals surface area contributed by atoms with Gasteiger partial charge >= 0.3 is 0 Å². The molecule has 0 spiro atoms. The molecule has 0 saturated heterocycles. The number of aromatic nitrogens is 3. The van der Waals surface area contributed by atoms with E-state index in [0.29, 0.717) is 5.92 Å². The molecule has 51 heavy (non-hydrogen) atoms. The first-order valence-electron chi connectivity index (χ1n) is 18.2. The molecule has 1 aromatic heterocycles. The lowest BCUT2D eigenvalue weighted by molar-refractivity contribution is 0.836. The number of nitrogens with zero attached hydrogens (tertiary/aromatic N) is 3. The lowest BCUT2D eigenvalue weighted by Crippen LogP contribution is -2.10. The quantitative estimate of drug-likeness (QED) is 0.189. The highest BCUT2D eigenvalue weighted by molar-refractivity contribution is 5.86. The van der Waals surface area contributed by atoms with Crippen molar-refractivity contribution in [2.45, 2.75) is 38.5 Å². The van der Waals surface area contributed by atoms with E-state index < -0.39 is 0 Å². The van der Waals surface area contributed by atoms with E-state index in [1.807, 2.05) is 18.2 Å². The number of hydrogen-bond acceptors (Lipinski definition) is 3. The fourth-order valence-corrected chi connectivity index (χ4v) is 7.76. The third kappa shape index (κ3) is 6.32. The molecule has 1 unspecified atom stereocenters. The Hall–Kier alpha value is -5.93. The molecule has 9 rings (SSSR count). The van der Waals surface area contributed by atoms with Gasteiger partial charge in [-0.2, -0.15) is 0 Å². The van der Waals surface area contributed by atoms with E-state index in [2.05, 4.69) is 140 Å². The average molecular weight is 658 g/mol. The molecule has 0 aliphatic heterocycles. The van der Waals surface area contributed by atoms with Gasteiger partial charge in [-0.15, -0.1) is 0 Å². The van der Waals surface area contributed by atoms with Gasteiger partial charge in [-0.05, 0) is 100 Å². The van der Waals surface area contributed by atoms with Crippen LogP contribution in [0.15, 0.2) is 163 Å². The molecule has 0 bridgehead atoms. The Morgan fingerprint density at radius 2 is 1.39 bits per heavy atom. The molecule has 0 N–H and O–H groups in total. The Labute approximate surface area is 300 Å². The van der Waals surface area contributed by atoms with Gasteiger partial charge in [0.05, 0.1) is 0 Å². The number of allylic oxidation sites excluding steroid dienone is 13. The Morgan fingerprint density at radius 1 is 0.588 bits per heavy atom. The van der Waals surface area contributed by atoms with Crippen molar-refractivity contribution >= 4 is 17.2 Å². The van der Waals surface area contributed by atoms with E-state index in [0.717, 1.165) is 72.7 Å². The van der Waals surface area contributed by atoms with E-state index in [1.165, 1.54) is 50.1 Å². The molecule has 1 atom stereocenters. The van der Waals surface area contributed by atoms with Crippen LogP contribution >= 0.6 is 0 Å². The van der Waals surface area contributed by atoms with Crippen molar-refractivity contribution in [3.63, 3.8) is 0 Å². The van der Waals surface area contributed by atoms with Gasteiger partial charge in [0.25, 0.3) is 0 Å². The van der Waals surface area contributed by atoms with Crippen molar-refractivity contribution < 1.29 is 0 Å². The van der Waals surface area contributed by atoms with E-state index in [-0.39, 0.29) is 0 Å². The van der Waals surface area contributed by atoms with Crippen LogP contribution in [0.3, 0.4) is 0 Å². The second kappa shape index (κ2) is 13.8. The van der Waals surface area contributed by atoms with Crippen molar-refractivity contribution in [1.29, 1.82) is 0 Å². The zero-order chi connectivity index (χ0) is 34.0. The topological polar surface area (TPSA) is 38.7 Å². The van der Waals surface area contributed by atoms with Crippen LogP contribution in [0.4, 0.5) is 0 Å². The normalized spacial score (nSPS) is 19.4. The van der Waals surface area contributed by atoms with Crippen LogP contribution in [0.5, 0.6) is 0 Å². The maximum Gasteiger partial charge on any atom is 0.164 e. The van der Waals surface area contributed by atoms with Gasteiger partial charge in [0, 0.05) is 17.0 Å². The minimum Gasteiger partial charge on any atom is -0.209 e. The number of hydrogen-bond donors (Lipinski definition) is 0. The number of fused-ring (bicyclic) bond motifs is 4. The molecule has 4 aromatic carbocycles. The molecule has 4 aliphatic carbocycles. The first-order valence-corrected chi connectivity index (χ1v) is 18.2. The Bertz CT molecular complexity index is 2350. The highest BCUT2D eigenvalue weighted by Gasteiger charge is 2.24. The van der Waals surface area contributed by atoms with Gasteiger partial charge in [-0.25, -0.2) is 15.0 Å². The zero-order valence-corrected chi connectivity index (χ0v) is 28.7. The molecule has 4 aliphatic rings. The standard InChI is InChI=1S/C48H39N3/c1-4-13-33(14-5-1)40-27-25-36-23-24-37-26-28-41(32-45(37)44(36)31-40)34-15-10-11-16-35-21-12-22-43(42(35)30-29-34)48-50-46(38-17-6-2-7-18-38)49-47(51-48)39-19-8-3-9-20-39/h1-8,10,12-15,17-19,21-25,27-29,31-32,37H,9,11,16,20,26,30H2/b15-10-,34-29+. The summed E-state index contributed by atoms with van der Waals surface area (Å²) in [5.74, 6) is 2.63. The largest absolute Gasteiger partial charge is 0.209 e. The summed E-state index contributed by atoms with van der Waals surface area (Å²) in [6.07, 6.45) is 28.8. The third-order valence-corrected chi connectivity index (χ3v) is 10.5. The Morgan fingerprint density at radius 3 is 2.24 bits per heavy atom. The molecule has 5 aromatic rings. The minimum absolute atomic E-state index is 0.395. The predicted molar refractivity (Wildman–Crippen MR) is 211 cm³/mol. The lowest BCUT2D eigenvalue weighted by Gasteiger charge is -2.27. The summed E-state index contributed by atoms with van der Waals surface area (Å²) in [5.41, 5.74) is 15.1. The molecule has 0 amide bonds. The molecular weight excluding hydrogens is 619 g/mol. The highest BCUT2D eigenvalue weighted by Crippen LogP contribution is 2.42. The molecule has 1 heterocycles. The fourth-order valence-electron chi connectivity index (χ4n) is 7.76. The monoisotopic (exact) mass is 657 g/mol. The second-order valence-electron chi connectivity index (χ2n) is 13.7. The fraction of sp³-hybridized carbons (Fsp3) is 0.146. The number of benzene rings is 4. The predicted octanol–water partition coefficient (Wildman–Crippen LogP) is 11.6. The van der Waals surface area contributed by atoms with Gasteiger partial charge in [0.2, 0.25) is 0 Å². The summed E-state index contributed by atoms with van der Waals surface area (Å²) in [6.45, 7) is 0. The zero-order valence-electron chi connectivity index (χ0n) is 28.7. The summed E-state index contributed by atoms with van der Waals surface area (Å²) in [5, 5.41) is 0. The summed E-state index contributed by atoms with van der Waals surface area (Å²) in [6, 6.07) is 34.6. The second-order valence-corrected chi connectivity index (χ2v) is 13.7. The highest BCUT2D eigenvalue weighted by atomic mass is 15.0. The van der Waals surface area contributed by atoms with E-state index in [4.69, 9.17) is 15.0 Å². The Balaban J connectivity index is 1.10. The van der Waals surface area contributed by atoms with Crippen LogP contribution in [0.1, 0.15) is 53.8 Å². The average Bonchev–Trinajstić information content (AvgIpc) is 3.32. The van der Waals surface area contributed by atoms with Gasteiger partial charge < -0.3 is 0 Å². The first kappa shape index (κ1) is 31.1. The van der Waals surface area contributed by atoms with Crippen LogP contribution in [0.25, 0.3) is 51.1 Å². The van der Waals surface area contributed by atoms with Crippen molar-refractivity contribution in [2.75, 3.05) is 0 Å². The maximum atomic E-state index is 5.15. The van der Waals surface area contributed by atoms with Crippen LogP contribution < -0.4 is 0 Å². The smallest absolute Gasteiger partial charge is 0.164 e. The summed E-state index contributed by atoms with van der Waals surface area (Å²) < 4.78 is 0.